The summed E-state index contributed by atoms with van der Waals surface area (Å²) in [5.41, 5.74) is 0.707. The maximum atomic E-state index is 12.5. The molecular weight excluding hydrogens is 281 g/mol. The van der Waals surface area contributed by atoms with Crippen LogP contribution >= 0.6 is 0 Å². The van der Waals surface area contributed by atoms with Crippen molar-refractivity contribution in [1.82, 2.24) is 20.1 Å². The number of nitrogens with one attached hydrogen (secondary N) is 1. The Morgan fingerprint density at radius 3 is 2.62 bits per heavy atom. The molecule has 21 heavy (non-hydrogen) atoms. The number of hydrogen-bond donors (Lipinski definition) is 1. The van der Waals surface area contributed by atoms with Crippen molar-refractivity contribution in [2.45, 2.75) is 38.1 Å². The Labute approximate surface area is 120 Å². The van der Waals surface area contributed by atoms with E-state index in [9.17, 15) is 13.2 Å². The Bertz CT molecular complexity index is 617. The fourth-order valence-corrected chi connectivity index (χ4v) is 2.02. The van der Waals surface area contributed by atoms with Gasteiger partial charge in [-0.1, -0.05) is 6.07 Å². The summed E-state index contributed by atoms with van der Waals surface area (Å²) in [5, 5.41) is 6.88. The van der Waals surface area contributed by atoms with E-state index < -0.39 is 11.9 Å². The molecule has 3 rings (SSSR count). The Morgan fingerprint density at radius 2 is 1.95 bits per heavy atom. The monoisotopic (exact) mass is 296 g/mol. The van der Waals surface area contributed by atoms with Gasteiger partial charge in [-0.3, -0.25) is 9.67 Å². The zero-order chi connectivity index (χ0) is 14.9. The lowest BCUT2D eigenvalue weighted by molar-refractivity contribution is -0.141. The van der Waals surface area contributed by atoms with Gasteiger partial charge >= 0.3 is 6.18 Å². The van der Waals surface area contributed by atoms with Gasteiger partial charge in [0, 0.05) is 18.8 Å². The Balaban J connectivity index is 1.66. The summed E-state index contributed by atoms with van der Waals surface area (Å²) in [6, 6.07) is 7.12. The molecule has 112 valence electrons. The molecule has 1 N–H and O–H groups in total. The Kier molecular flexibility index (Phi) is 3.67. The fraction of sp³-hybridized carbons (Fsp3) is 0.429. The molecule has 2 aromatic rings. The van der Waals surface area contributed by atoms with E-state index in [1.807, 2.05) is 12.1 Å². The maximum Gasteiger partial charge on any atom is 0.435 e. The molecule has 0 bridgehead atoms. The van der Waals surface area contributed by atoms with Gasteiger partial charge < -0.3 is 5.32 Å². The van der Waals surface area contributed by atoms with Gasteiger partial charge in [-0.25, -0.2) is 0 Å². The molecule has 1 saturated carbocycles. The molecule has 1 fully saturated rings. The lowest BCUT2D eigenvalue weighted by Gasteiger charge is -2.06. The van der Waals surface area contributed by atoms with Crippen LogP contribution in [0.25, 0.3) is 0 Å². The van der Waals surface area contributed by atoms with Crippen molar-refractivity contribution < 1.29 is 13.2 Å². The van der Waals surface area contributed by atoms with Crippen LogP contribution in [-0.4, -0.2) is 20.8 Å². The van der Waals surface area contributed by atoms with E-state index in [0.29, 0.717) is 18.3 Å². The summed E-state index contributed by atoms with van der Waals surface area (Å²) in [6.07, 6.45) is -0.686. The highest BCUT2D eigenvalue weighted by Crippen LogP contribution is 2.27. The van der Waals surface area contributed by atoms with Gasteiger partial charge in [0.05, 0.1) is 17.9 Å². The van der Waals surface area contributed by atoms with E-state index in [2.05, 4.69) is 15.4 Å². The van der Waals surface area contributed by atoms with E-state index in [0.717, 1.165) is 11.8 Å². The molecule has 0 saturated heterocycles. The van der Waals surface area contributed by atoms with Crippen molar-refractivity contribution in [2.75, 3.05) is 0 Å². The first kappa shape index (κ1) is 14.1. The van der Waals surface area contributed by atoms with Crippen molar-refractivity contribution in [1.29, 1.82) is 0 Å². The van der Waals surface area contributed by atoms with Crippen molar-refractivity contribution in [3.8, 4) is 0 Å². The fourth-order valence-electron chi connectivity index (χ4n) is 2.02. The Hall–Kier alpha value is -1.89. The number of pyridine rings is 1. The molecule has 4 nitrogen and oxygen atoms in total. The van der Waals surface area contributed by atoms with Crippen LogP contribution in [0.4, 0.5) is 13.2 Å². The van der Waals surface area contributed by atoms with Gasteiger partial charge in [-0.2, -0.15) is 18.3 Å². The van der Waals surface area contributed by atoms with Crippen molar-refractivity contribution in [3.63, 3.8) is 0 Å². The second kappa shape index (κ2) is 5.48. The smallest absolute Gasteiger partial charge is 0.308 e. The average Bonchev–Trinajstić information content (AvgIpc) is 3.14. The normalized spacial score (nSPS) is 15.4. The van der Waals surface area contributed by atoms with Crippen molar-refractivity contribution >= 4 is 0 Å². The SMILES string of the molecule is FC(F)(F)c1ccn(Cc2cccc(CNC3CC3)n2)n1. The zero-order valence-corrected chi connectivity index (χ0v) is 11.3. The quantitative estimate of drug-likeness (QED) is 0.922. The molecule has 1 aliphatic carbocycles. The van der Waals surface area contributed by atoms with Crippen LogP contribution in [0.15, 0.2) is 30.5 Å². The van der Waals surface area contributed by atoms with Crippen LogP contribution in [0.2, 0.25) is 0 Å². The highest BCUT2D eigenvalue weighted by molar-refractivity contribution is 5.12. The minimum Gasteiger partial charge on any atom is -0.308 e. The third-order valence-electron chi connectivity index (χ3n) is 3.27. The van der Waals surface area contributed by atoms with Crippen LogP contribution in [0.3, 0.4) is 0 Å². The zero-order valence-electron chi connectivity index (χ0n) is 11.3. The van der Waals surface area contributed by atoms with E-state index in [4.69, 9.17) is 0 Å². The first-order valence-electron chi connectivity index (χ1n) is 6.79. The predicted molar refractivity (Wildman–Crippen MR) is 70.4 cm³/mol. The van der Waals surface area contributed by atoms with Crippen LogP contribution in [0, 0.1) is 0 Å². The van der Waals surface area contributed by atoms with E-state index in [1.54, 1.807) is 6.07 Å². The first-order valence-corrected chi connectivity index (χ1v) is 6.79. The summed E-state index contributed by atoms with van der Waals surface area (Å²) in [5.74, 6) is 0. The molecule has 0 aliphatic heterocycles. The van der Waals surface area contributed by atoms with Gasteiger partial charge in [0.1, 0.15) is 0 Å². The maximum absolute atomic E-state index is 12.5. The number of alkyl halides is 3. The van der Waals surface area contributed by atoms with Gasteiger partial charge in [0.25, 0.3) is 0 Å². The van der Waals surface area contributed by atoms with E-state index in [1.165, 1.54) is 23.7 Å². The van der Waals surface area contributed by atoms with Gasteiger partial charge in [0.2, 0.25) is 0 Å². The predicted octanol–water partition coefficient (Wildman–Crippen LogP) is 2.60. The van der Waals surface area contributed by atoms with Crippen molar-refractivity contribution in [2.24, 2.45) is 0 Å². The van der Waals surface area contributed by atoms with Crippen LogP contribution in [-0.2, 0) is 19.3 Å². The van der Waals surface area contributed by atoms with Crippen LogP contribution < -0.4 is 5.32 Å². The van der Waals surface area contributed by atoms with E-state index >= 15 is 0 Å². The molecule has 7 heteroatoms. The van der Waals surface area contributed by atoms with Crippen LogP contribution in [0.5, 0.6) is 0 Å². The molecular formula is C14H15F3N4. The van der Waals surface area contributed by atoms with Gasteiger partial charge in [-0.05, 0) is 31.0 Å². The largest absolute Gasteiger partial charge is 0.435 e. The molecule has 0 aromatic carbocycles. The Morgan fingerprint density at radius 1 is 1.19 bits per heavy atom. The second-order valence-corrected chi connectivity index (χ2v) is 5.17. The van der Waals surface area contributed by atoms with Gasteiger partial charge in [-0.15, -0.1) is 0 Å². The summed E-state index contributed by atoms with van der Waals surface area (Å²) < 4.78 is 38.7. The third kappa shape index (κ3) is 3.81. The first-order chi connectivity index (χ1) is 10.0. The molecule has 0 spiro atoms. The second-order valence-electron chi connectivity index (χ2n) is 5.17. The average molecular weight is 296 g/mol. The highest BCUT2D eigenvalue weighted by atomic mass is 19.4. The standard InChI is InChI=1S/C14H15F3N4/c15-14(16,17)13-6-7-21(20-13)9-12-3-1-2-11(19-12)8-18-10-4-5-10/h1-3,6-7,10,18H,4-5,8-9H2. The summed E-state index contributed by atoms with van der Waals surface area (Å²) in [6.45, 7) is 0.915. The number of halogens is 3. The molecule has 0 atom stereocenters. The molecule has 2 aromatic heterocycles. The van der Waals surface area contributed by atoms with E-state index in [-0.39, 0.29) is 6.54 Å². The minimum absolute atomic E-state index is 0.230. The number of nitrogens with zero attached hydrogens (tertiary/aromatic N) is 3. The lowest BCUT2D eigenvalue weighted by atomic mass is 10.3. The molecule has 0 unspecified atom stereocenters. The summed E-state index contributed by atoms with van der Waals surface area (Å²) in [4.78, 5) is 4.43. The lowest BCUT2D eigenvalue weighted by Crippen LogP contribution is -2.17. The van der Waals surface area contributed by atoms with Crippen molar-refractivity contribution in [3.05, 3.63) is 47.5 Å². The summed E-state index contributed by atoms with van der Waals surface area (Å²) >= 11 is 0. The minimum atomic E-state index is -4.41. The highest BCUT2D eigenvalue weighted by Gasteiger charge is 2.33. The van der Waals surface area contributed by atoms with Gasteiger partial charge in [0.15, 0.2) is 5.69 Å². The molecule has 0 amide bonds. The van der Waals surface area contributed by atoms with Crippen LogP contribution in [0.1, 0.15) is 29.9 Å². The summed E-state index contributed by atoms with van der Waals surface area (Å²) in [7, 11) is 0. The molecule has 1 aliphatic rings. The topological polar surface area (TPSA) is 42.7 Å². The molecule has 0 radical (unpaired) electrons. The molecule has 2 heterocycles. The number of aromatic nitrogens is 3. The number of hydrogen-bond acceptors (Lipinski definition) is 3. The number of rotatable bonds is 5. The third-order valence-corrected chi connectivity index (χ3v) is 3.27.